The number of nitrogens with zero attached hydrogens (tertiary/aromatic N) is 1. The molecule has 0 aromatic carbocycles. The Kier molecular flexibility index (Phi) is 9.06. The lowest BCUT2D eigenvalue weighted by molar-refractivity contribution is -0.146. The van der Waals surface area contributed by atoms with Crippen molar-refractivity contribution in [2.75, 3.05) is 20.1 Å². The highest BCUT2D eigenvalue weighted by atomic mass is 16.7. The minimum absolute atomic E-state index is 0. The highest BCUT2D eigenvalue weighted by molar-refractivity contribution is 6.52. The fraction of sp³-hybridized carbons (Fsp3) is 0.900. The van der Waals surface area contributed by atoms with Crippen LogP contribution in [-0.2, 0) is 28.2 Å². The second kappa shape index (κ2) is 9.40. The lowest BCUT2D eigenvalue weighted by Crippen LogP contribution is -2.45. The molecule has 0 N–H and O–H groups in total. The highest BCUT2D eigenvalue weighted by Crippen LogP contribution is 2.44. The topological polar surface area (TPSA) is 74.3 Å². The maximum absolute atomic E-state index is 11.4. The van der Waals surface area contributed by atoms with Gasteiger partial charge in [-0.1, -0.05) is 49.0 Å². The van der Waals surface area contributed by atoms with Crippen molar-refractivity contribution in [1.82, 2.24) is 4.90 Å². The highest BCUT2D eigenvalue weighted by Gasteiger charge is 2.55. The van der Waals surface area contributed by atoms with Gasteiger partial charge in [0.25, 0.3) is 0 Å². The van der Waals surface area contributed by atoms with E-state index in [9.17, 15) is 9.59 Å². The molecule has 0 atom stereocenters. The molecule has 0 aromatic heterocycles. The third kappa shape index (κ3) is 7.95. The lowest BCUT2D eigenvalue weighted by Gasteiger charge is -2.32. The number of carbonyl (C=O) groups is 2. The van der Waals surface area contributed by atoms with Gasteiger partial charge >= 0.3 is 26.2 Å². The molecule has 0 aliphatic carbocycles. The van der Waals surface area contributed by atoms with Crippen molar-refractivity contribution in [3.63, 3.8) is 0 Å². The molecule has 7 nitrogen and oxygen atoms in total. The van der Waals surface area contributed by atoms with Gasteiger partial charge in [-0.2, -0.15) is 0 Å². The first-order valence-electron chi connectivity index (χ1n) is 9.78. The zero-order valence-corrected chi connectivity index (χ0v) is 19.5. The third-order valence-electron chi connectivity index (χ3n) is 4.94. The molecule has 9 heteroatoms. The van der Waals surface area contributed by atoms with E-state index in [1.807, 2.05) is 20.8 Å². The van der Waals surface area contributed by atoms with Gasteiger partial charge in [-0.3, -0.25) is 14.5 Å². The quantitative estimate of drug-likeness (QED) is 0.559. The van der Waals surface area contributed by atoms with Gasteiger partial charge in [-0.15, -0.1) is 0 Å². The molecule has 0 spiro atoms. The first-order valence-corrected chi connectivity index (χ1v) is 9.78. The van der Waals surface area contributed by atoms with Crippen molar-refractivity contribution in [2.45, 2.75) is 98.5 Å². The van der Waals surface area contributed by atoms with Gasteiger partial charge in [0.05, 0.1) is 24.3 Å². The summed E-state index contributed by atoms with van der Waals surface area (Å²) in [5.41, 5.74) is -0.407. The number of hydrogen-bond donors (Lipinski definition) is 0. The average molecular weight is 413 g/mol. The van der Waals surface area contributed by atoms with Crippen LogP contribution in [0.25, 0.3) is 0 Å². The molecule has 2 saturated heterocycles. The Hall–Kier alpha value is -1.05. The predicted octanol–water partition coefficient (Wildman–Crippen LogP) is 3.82. The number of carbonyl (C=O) groups excluding carboxylic acids is 2. The Balaban J connectivity index is 0.000000527. The summed E-state index contributed by atoms with van der Waals surface area (Å²) in [6.45, 7) is 20.5. The molecule has 2 heterocycles. The number of hydrogen-bond acceptors (Lipinski definition) is 7. The zero-order valence-electron chi connectivity index (χ0n) is 19.5. The third-order valence-corrected chi connectivity index (χ3v) is 4.94. The van der Waals surface area contributed by atoms with Gasteiger partial charge in [0.1, 0.15) is 0 Å². The van der Waals surface area contributed by atoms with E-state index in [4.69, 9.17) is 18.6 Å². The molecule has 0 bridgehead atoms. The zero-order chi connectivity index (χ0) is 22.1. The smallest absolute Gasteiger partial charge is 0.498 e. The molecular formula is C20H41B2NO6. The first-order chi connectivity index (χ1) is 12.3. The van der Waals surface area contributed by atoms with Crippen LogP contribution in [-0.4, -0.2) is 62.4 Å². The molecule has 0 radical (unpaired) electrons. The van der Waals surface area contributed by atoms with E-state index in [-0.39, 0.29) is 56.1 Å². The van der Waals surface area contributed by atoms with Crippen LogP contribution in [0.4, 0.5) is 0 Å². The van der Waals surface area contributed by atoms with Crippen LogP contribution in [0.15, 0.2) is 0 Å². The van der Waals surface area contributed by atoms with Crippen LogP contribution in [0.2, 0.25) is 10.6 Å². The molecular weight excluding hydrogens is 372 g/mol. The lowest BCUT2D eigenvalue weighted by atomic mass is 9.61. The Bertz CT molecular complexity index is 545. The maximum atomic E-state index is 11.4. The monoisotopic (exact) mass is 413 g/mol. The van der Waals surface area contributed by atoms with E-state index in [0.717, 1.165) is 0 Å². The Morgan fingerprint density at radius 3 is 1.31 bits per heavy atom. The van der Waals surface area contributed by atoms with Crippen molar-refractivity contribution < 1.29 is 28.2 Å². The summed E-state index contributed by atoms with van der Waals surface area (Å²) in [7, 11) is 0.767. The van der Waals surface area contributed by atoms with E-state index in [2.05, 4.69) is 48.5 Å². The summed E-state index contributed by atoms with van der Waals surface area (Å²) in [6, 6.07) is 0. The van der Waals surface area contributed by atoms with E-state index in [1.54, 1.807) is 11.9 Å². The van der Waals surface area contributed by atoms with Crippen molar-refractivity contribution in [1.29, 1.82) is 0 Å². The Morgan fingerprint density at radius 2 is 1.07 bits per heavy atom. The minimum atomic E-state index is -0.800. The Morgan fingerprint density at radius 1 is 0.759 bits per heavy atom. The molecule has 0 unspecified atom stereocenters. The van der Waals surface area contributed by atoms with Crippen LogP contribution >= 0.6 is 0 Å². The molecule has 2 aliphatic heterocycles. The fourth-order valence-electron chi connectivity index (χ4n) is 2.38. The van der Waals surface area contributed by atoms with Crippen LogP contribution in [0, 0.1) is 0 Å². The summed E-state index contributed by atoms with van der Waals surface area (Å²) in [6.07, 6.45) is 0. The van der Waals surface area contributed by atoms with Crippen molar-refractivity contribution in [3.05, 3.63) is 0 Å². The molecule has 0 saturated carbocycles. The first kappa shape index (κ1) is 27.9. The average Bonchev–Trinajstić information content (AvgIpc) is 2.64. The van der Waals surface area contributed by atoms with Gasteiger partial charge in [0.15, 0.2) is 0 Å². The van der Waals surface area contributed by atoms with E-state index in [1.165, 1.54) is 0 Å². The minimum Gasteiger partial charge on any atom is -0.498 e. The normalized spacial score (nSPS) is 22.4. The molecule has 0 amide bonds. The van der Waals surface area contributed by atoms with Gasteiger partial charge in [-0.25, -0.2) is 0 Å². The summed E-state index contributed by atoms with van der Waals surface area (Å²) < 4.78 is 22.0. The van der Waals surface area contributed by atoms with Gasteiger partial charge < -0.3 is 18.6 Å². The number of likely N-dealkylation sites (N-methyl/N-ethyl adjacent to an activating group) is 1. The molecule has 29 heavy (non-hydrogen) atoms. The van der Waals surface area contributed by atoms with Crippen LogP contribution in [0.1, 0.15) is 76.7 Å². The summed E-state index contributed by atoms with van der Waals surface area (Å²) in [4.78, 5) is 24.3. The van der Waals surface area contributed by atoms with Crippen LogP contribution in [0.5, 0.6) is 0 Å². The molecule has 0 aromatic rings. The second-order valence-corrected chi connectivity index (χ2v) is 10.8. The summed E-state index contributed by atoms with van der Waals surface area (Å²) in [5, 5.41) is -0.355. The van der Waals surface area contributed by atoms with Gasteiger partial charge in [-0.05, 0) is 40.1 Å². The van der Waals surface area contributed by atoms with E-state index in [0.29, 0.717) is 0 Å². The van der Waals surface area contributed by atoms with Crippen LogP contribution in [0.3, 0.4) is 0 Å². The molecule has 2 fully saturated rings. The standard InChI is InChI=1S/C10H21BO2.C9H16BNO4.CH4/c1-8(2,3)11-12-9(4,5)10(6,7)13-11;1-9(2,3)10-14-7(12)5-11(4)6-8(13)15-10;/h1-7H3;5-6H2,1-4H3;1H4. The SMILES string of the molecule is C.CC(C)(C)B1OC(C)(C)C(C)(C)O1.CN1CC(=O)OB(C(C)(C)C)OC(=O)C1. The fourth-order valence-corrected chi connectivity index (χ4v) is 2.38. The van der Waals surface area contributed by atoms with E-state index < -0.39 is 12.4 Å². The van der Waals surface area contributed by atoms with E-state index >= 15 is 0 Å². The second-order valence-electron chi connectivity index (χ2n) is 10.8. The summed E-state index contributed by atoms with van der Waals surface area (Å²) >= 11 is 0. The maximum Gasteiger partial charge on any atom is 0.604 e. The van der Waals surface area contributed by atoms with Crippen molar-refractivity contribution >= 4 is 26.2 Å². The number of rotatable bonds is 0. The summed E-state index contributed by atoms with van der Waals surface area (Å²) in [5.74, 6) is -0.741. The largest absolute Gasteiger partial charge is 0.604 e. The van der Waals surface area contributed by atoms with Crippen molar-refractivity contribution in [2.24, 2.45) is 0 Å². The van der Waals surface area contributed by atoms with Crippen LogP contribution < -0.4 is 0 Å². The molecule has 2 rings (SSSR count). The van der Waals surface area contributed by atoms with Crippen molar-refractivity contribution in [3.8, 4) is 0 Å². The van der Waals surface area contributed by atoms with Gasteiger partial charge in [0.2, 0.25) is 0 Å². The molecule has 168 valence electrons. The molecule has 2 aliphatic rings. The predicted molar refractivity (Wildman–Crippen MR) is 118 cm³/mol. The Labute approximate surface area is 178 Å². The van der Waals surface area contributed by atoms with Gasteiger partial charge in [0, 0.05) is 5.31 Å².